The normalized spacial score (nSPS) is 23.4. The third kappa shape index (κ3) is 3.28. The van der Waals surface area contributed by atoms with E-state index in [2.05, 4.69) is 20.4 Å². The lowest BCUT2D eigenvalue weighted by molar-refractivity contribution is 0.0702. The van der Waals surface area contributed by atoms with Crippen LogP contribution in [-0.4, -0.2) is 75.8 Å². The second kappa shape index (κ2) is 7.65. The molecule has 2 aliphatic rings. The summed E-state index contributed by atoms with van der Waals surface area (Å²) in [5, 5.41) is 14.5. The topological polar surface area (TPSA) is 76.4 Å². The van der Waals surface area contributed by atoms with Gasteiger partial charge in [-0.2, -0.15) is 0 Å². The lowest BCUT2D eigenvalue weighted by Crippen LogP contribution is -2.49. The van der Waals surface area contributed by atoms with Crippen LogP contribution >= 0.6 is 11.3 Å². The van der Waals surface area contributed by atoms with Crippen LogP contribution in [0.4, 0.5) is 0 Å². The zero-order chi connectivity index (χ0) is 18.9. The van der Waals surface area contributed by atoms with Crippen LogP contribution in [0.2, 0.25) is 0 Å². The Morgan fingerprint density at radius 3 is 2.85 bits per heavy atom. The van der Waals surface area contributed by atoms with Crippen molar-refractivity contribution in [2.45, 2.75) is 38.3 Å². The van der Waals surface area contributed by atoms with Crippen LogP contribution in [0.1, 0.15) is 40.3 Å². The number of carbonyl (C=O) groups excluding carboxylic acids is 1. The maximum absolute atomic E-state index is 13.1. The van der Waals surface area contributed by atoms with Gasteiger partial charge in [0.2, 0.25) is 0 Å². The highest BCUT2D eigenvalue weighted by Crippen LogP contribution is 2.39. The number of likely N-dealkylation sites (tertiary alicyclic amines) is 2. The van der Waals surface area contributed by atoms with E-state index in [1.807, 2.05) is 28.0 Å². The van der Waals surface area contributed by atoms with Crippen LogP contribution in [0.25, 0.3) is 0 Å². The molecule has 9 heteroatoms. The van der Waals surface area contributed by atoms with Crippen molar-refractivity contribution in [1.29, 1.82) is 0 Å². The van der Waals surface area contributed by atoms with E-state index >= 15 is 0 Å². The number of thiophene rings is 1. The number of ether oxygens (including phenoxy) is 1. The van der Waals surface area contributed by atoms with Crippen molar-refractivity contribution < 1.29 is 9.53 Å². The summed E-state index contributed by atoms with van der Waals surface area (Å²) in [5.74, 6) is 0.985. The molecule has 2 aliphatic heterocycles. The van der Waals surface area contributed by atoms with Crippen molar-refractivity contribution in [3.63, 3.8) is 0 Å². The molecule has 8 nitrogen and oxygen atoms in total. The predicted octanol–water partition coefficient (Wildman–Crippen LogP) is 1.53. The number of carbonyl (C=O) groups is 1. The van der Waals surface area contributed by atoms with Crippen LogP contribution in [-0.2, 0) is 16.8 Å². The fourth-order valence-electron chi connectivity index (χ4n) is 4.30. The van der Waals surface area contributed by atoms with E-state index in [4.69, 9.17) is 4.74 Å². The number of aromatic nitrogens is 4. The van der Waals surface area contributed by atoms with Gasteiger partial charge < -0.3 is 9.64 Å². The largest absolute Gasteiger partial charge is 0.383 e. The summed E-state index contributed by atoms with van der Waals surface area (Å²) in [6.07, 6.45) is 3.22. The minimum absolute atomic E-state index is 0.125. The second-order valence-corrected chi connectivity index (χ2v) is 8.27. The minimum atomic E-state index is -0.311. The Bertz CT molecular complexity index is 799. The Morgan fingerprint density at radius 2 is 2.15 bits per heavy atom. The first-order chi connectivity index (χ1) is 13.2. The molecular formula is C18H26N6O2S. The molecule has 0 bridgehead atoms. The molecular weight excluding hydrogens is 364 g/mol. The summed E-state index contributed by atoms with van der Waals surface area (Å²) < 4.78 is 7.07. The van der Waals surface area contributed by atoms with Crippen LogP contribution in [0.15, 0.2) is 11.4 Å². The molecule has 146 valence electrons. The molecule has 0 spiro atoms. The predicted molar refractivity (Wildman–Crippen MR) is 102 cm³/mol. The molecule has 2 saturated heterocycles. The van der Waals surface area contributed by atoms with Crippen LogP contribution in [0.5, 0.6) is 0 Å². The zero-order valence-corrected chi connectivity index (χ0v) is 16.7. The van der Waals surface area contributed by atoms with Crippen molar-refractivity contribution in [3.05, 3.63) is 27.7 Å². The van der Waals surface area contributed by atoms with Gasteiger partial charge in [-0.05, 0) is 66.7 Å². The highest BCUT2D eigenvalue weighted by Gasteiger charge is 2.50. The molecule has 1 amide bonds. The van der Waals surface area contributed by atoms with E-state index in [0.717, 1.165) is 42.3 Å². The average Bonchev–Trinajstić information content (AvgIpc) is 3.45. The molecule has 2 aromatic rings. The lowest BCUT2D eigenvalue weighted by Gasteiger charge is -2.37. The molecule has 4 rings (SSSR count). The number of rotatable bonds is 6. The van der Waals surface area contributed by atoms with Crippen molar-refractivity contribution in [1.82, 2.24) is 30.0 Å². The number of nitrogens with zero attached hydrogens (tertiary/aromatic N) is 6. The Labute approximate surface area is 163 Å². The van der Waals surface area contributed by atoms with Gasteiger partial charge in [-0.3, -0.25) is 9.69 Å². The minimum Gasteiger partial charge on any atom is -0.383 e. The molecule has 2 aromatic heterocycles. The van der Waals surface area contributed by atoms with Gasteiger partial charge in [0.15, 0.2) is 5.82 Å². The number of amides is 1. The molecule has 0 saturated carbocycles. The summed E-state index contributed by atoms with van der Waals surface area (Å²) in [7, 11) is 1.68. The first-order valence-corrected chi connectivity index (χ1v) is 10.4. The van der Waals surface area contributed by atoms with E-state index in [1.54, 1.807) is 7.11 Å². The van der Waals surface area contributed by atoms with Crippen molar-refractivity contribution >= 4 is 17.2 Å². The fourth-order valence-corrected chi connectivity index (χ4v) is 5.19. The van der Waals surface area contributed by atoms with Gasteiger partial charge in [0.25, 0.3) is 5.91 Å². The third-order valence-corrected chi connectivity index (χ3v) is 6.76. The van der Waals surface area contributed by atoms with E-state index < -0.39 is 0 Å². The van der Waals surface area contributed by atoms with Gasteiger partial charge in [0.05, 0.1) is 18.0 Å². The molecule has 4 heterocycles. The molecule has 0 N–H and O–H groups in total. The van der Waals surface area contributed by atoms with Crippen LogP contribution < -0.4 is 0 Å². The number of methoxy groups -OCH3 is 1. The number of hydrogen-bond donors (Lipinski definition) is 0. The van der Waals surface area contributed by atoms with Crippen LogP contribution in [0, 0.1) is 6.92 Å². The van der Waals surface area contributed by atoms with E-state index in [9.17, 15) is 4.79 Å². The lowest BCUT2D eigenvalue weighted by atomic mass is 9.95. The number of hydrogen-bond acceptors (Lipinski definition) is 7. The highest BCUT2D eigenvalue weighted by atomic mass is 32.1. The molecule has 27 heavy (non-hydrogen) atoms. The molecule has 1 atom stereocenters. The second-order valence-electron chi connectivity index (χ2n) is 7.35. The first-order valence-electron chi connectivity index (χ1n) is 9.50. The van der Waals surface area contributed by atoms with E-state index in [-0.39, 0.29) is 11.4 Å². The Morgan fingerprint density at radius 1 is 1.33 bits per heavy atom. The summed E-state index contributed by atoms with van der Waals surface area (Å²) in [6.45, 7) is 6.59. The zero-order valence-electron chi connectivity index (χ0n) is 15.9. The molecule has 0 radical (unpaired) electrons. The summed E-state index contributed by atoms with van der Waals surface area (Å²) in [6, 6.07) is 2.01. The van der Waals surface area contributed by atoms with Crippen LogP contribution in [0.3, 0.4) is 0 Å². The Hall–Kier alpha value is -1.84. The third-order valence-electron chi connectivity index (χ3n) is 5.76. The average molecular weight is 391 g/mol. The van der Waals surface area contributed by atoms with Gasteiger partial charge in [0, 0.05) is 20.2 Å². The number of tetrazole rings is 1. The van der Waals surface area contributed by atoms with Crippen molar-refractivity contribution in [2.75, 3.05) is 39.9 Å². The van der Waals surface area contributed by atoms with Gasteiger partial charge in [0.1, 0.15) is 5.54 Å². The summed E-state index contributed by atoms with van der Waals surface area (Å²) in [4.78, 5) is 18.4. The van der Waals surface area contributed by atoms with Crippen molar-refractivity contribution in [2.24, 2.45) is 0 Å². The maximum atomic E-state index is 13.1. The quantitative estimate of drug-likeness (QED) is 0.744. The van der Waals surface area contributed by atoms with Gasteiger partial charge in [-0.15, -0.1) is 16.4 Å². The summed E-state index contributed by atoms with van der Waals surface area (Å²) >= 11 is 1.52. The number of aryl methyl sites for hydroxylation is 1. The SMILES string of the molecule is COCCn1nnnc1C1(N2CCCC2)CCN(C(=O)c2sccc2C)C1. The molecule has 0 aliphatic carbocycles. The molecule has 1 unspecified atom stereocenters. The van der Waals surface area contributed by atoms with Gasteiger partial charge in [-0.25, -0.2) is 4.68 Å². The Balaban J connectivity index is 1.64. The highest BCUT2D eigenvalue weighted by molar-refractivity contribution is 7.12. The summed E-state index contributed by atoms with van der Waals surface area (Å²) in [5.41, 5.74) is 0.739. The first kappa shape index (κ1) is 18.5. The standard InChI is InChI=1S/C18H26N6O2S/c1-14-5-12-27-15(14)16(25)22-9-6-18(13-22,23-7-3-4-8-23)17-19-20-21-24(17)10-11-26-2/h5,12H,3-4,6-11,13H2,1-2H3. The maximum Gasteiger partial charge on any atom is 0.264 e. The van der Waals surface area contributed by atoms with E-state index in [0.29, 0.717) is 19.7 Å². The van der Waals surface area contributed by atoms with Gasteiger partial charge in [-0.1, -0.05) is 0 Å². The monoisotopic (exact) mass is 390 g/mol. The smallest absolute Gasteiger partial charge is 0.264 e. The Kier molecular flexibility index (Phi) is 5.25. The van der Waals surface area contributed by atoms with Crippen molar-refractivity contribution in [3.8, 4) is 0 Å². The molecule has 0 aromatic carbocycles. The van der Waals surface area contributed by atoms with Gasteiger partial charge >= 0.3 is 0 Å². The molecule has 2 fully saturated rings. The fraction of sp³-hybridized carbons (Fsp3) is 0.667. The van der Waals surface area contributed by atoms with E-state index in [1.165, 1.54) is 24.2 Å².